The van der Waals surface area contributed by atoms with Crippen LogP contribution < -0.4 is 4.90 Å². The molecule has 110 valence electrons. The molecule has 0 bridgehead atoms. The first-order chi connectivity index (χ1) is 9.56. The Morgan fingerprint density at radius 1 is 1.40 bits per heavy atom. The highest BCUT2D eigenvalue weighted by Gasteiger charge is 2.22. The van der Waals surface area contributed by atoms with Crippen molar-refractivity contribution in [2.24, 2.45) is 0 Å². The second-order valence-electron chi connectivity index (χ2n) is 5.45. The lowest BCUT2D eigenvalue weighted by atomic mass is 10.2. The number of carbonyl (C=O) groups is 1. The van der Waals surface area contributed by atoms with E-state index in [-0.39, 0.29) is 11.7 Å². The van der Waals surface area contributed by atoms with E-state index in [0.717, 1.165) is 32.7 Å². The van der Waals surface area contributed by atoms with Gasteiger partial charge in [0.25, 0.3) is 0 Å². The SMILES string of the molecule is CC(C[NH+]1CCN(C)CC1)OC(=O)c1ccccc1F. The number of nitrogens with one attached hydrogen (secondary N) is 1. The van der Waals surface area contributed by atoms with E-state index < -0.39 is 11.8 Å². The maximum absolute atomic E-state index is 13.5. The molecule has 1 heterocycles. The molecule has 0 amide bonds. The number of hydrogen-bond donors (Lipinski definition) is 1. The molecule has 5 heteroatoms. The van der Waals surface area contributed by atoms with Crippen molar-refractivity contribution in [2.45, 2.75) is 13.0 Å². The summed E-state index contributed by atoms with van der Waals surface area (Å²) in [6.07, 6.45) is -0.208. The van der Waals surface area contributed by atoms with Crippen molar-refractivity contribution < 1.29 is 18.8 Å². The zero-order chi connectivity index (χ0) is 14.5. The van der Waals surface area contributed by atoms with Crippen molar-refractivity contribution in [3.8, 4) is 0 Å². The predicted octanol–water partition coefficient (Wildman–Crippen LogP) is 0.201. The molecule has 1 aromatic rings. The zero-order valence-corrected chi connectivity index (χ0v) is 12.1. The Kier molecular flexibility index (Phi) is 5.09. The molecule has 0 radical (unpaired) electrons. The van der Waals surface area contributed by atoms with Gasteiger partial charge in [0, 0.05) is 13.1 Å². The van der Waals surface area contributed by atoms with E-state index in [0.29, 0.717) is 0 Å². The standard InChI is InChI=1S/C15H21FN2O2/c1-12(11-18-9-7-17(2)8-10-18)20-15(19)13-5-3-4-6-14(13)16/h3-6,12H,7-11H2,1-2H3/p+1. The van der Waals surface area contributed by atoms with Gasteiger partial charge >= 0.3 is 5.97 Å². The second-order valence-corrected chi connectivity index (χ2v) is 5.45. The van der Waals surface area contributed by atoms with Crippen molar-refractivity contribution in [2.75, 3.05) is 39.8 Å². The monoisotopic (exact) mass is 281 g/mol. The average Bonchev–Trinajstić information content (AvgIpc) is 2.41. The van der Waals surface area contributed by atoms with Crippen LogP contribution in [0.4, 0.5) is 4.39 Å². The summed E-state index contributed by atoms with van der Waals surface area (Å²) in [5.74, 6) is -1.11. The Balaban J connectivity index is 1.84. The first kappa shape index (κ1) is 14.9. The largest absolute Gasteiger partial charge is 0.453 e. The molecular formula is C15H22FN2O2+. The molecule has 1 fully saturated rings. The van der Waals surface area contributed by atoms with Gasteiger partial charge in [-0.25, -0.2) is 9.18 Å². The summed E-state index contributed by atoms with van der Waals surface area (Å²) in [4.78, 5) is 15.6. The number of esters is 1. The van der Waals surface area contributed by atoms with Crippen LogP contribution in [0.15, 0.2) is 24.3 Å². The zero-order valence-electron chi connectivity index (χ0n) is 12.1. The molecule has 20 heavy (non-hydrogen) atoms. The fourth-order valence-electron chi connectivity index (χ4n) is 2.46. The molecule has 0 spiro atoms. The van der Waals surface area contributed by atoms with Crippen molar-refractivity contribution in [1.82, 2.24) is 4.90 Å². The minimum absolute atomic E-state index is 0.00716. The van der Waals surface area contributed by atoms with Crippen molar-refractivity contribution in [3.05, 3.63) is 35.6 Å². The highest BCUT2D eigenvalue weighted by molar-refractivity contribution is 5.89. The number of nitrogens with zero attached hydrogens (tertiary/aromatic N) is 1. The Morgan fingerprint density at radius 3 is 2.70 bits per heavy atom. The van der Waals surface area contributed by atoms with Gasteiger partial charge in [0.15, 0.2) is 0 Å². The number of likely N-dealkylation sites (N-methyl/N-ethyl adjacent to an activating group) is 1. The Labute approximate surface area is 119 Å². The van der Waals surface area contributed by atoms with Gasteiger partial charge in [-0.15, -0.1) is 0 Å². The van der Waals surface area contributed by atoms with Crippen LogP contribution in [0.5, 0.6) is 0 Å². The summed E-state index contributed by atoms with van der Waals surface area (Å²) < 4.78 is 18.8. The van der Waals surface area contributed by atoms with Crippen LogP contribution in [-0.4, -0.2) is 56.7 Å². The quantitative estimate of drug-likeness (QED) is 0.801. The van der Waals surface area contributed by atoms with E-state index in [1.54, 1.807) is 12.1 Å². The third-order valence-corrected chi connectivity index (χ3v) is 3.67. The van der Waals surface area contributed by atoms with Crippen molar-refractivity contribution >= 4 is 5.97 Å². The van der Waals surface area contributed by atoms with E-state index in [1.807, 2.05) is 6.92 Å². The Hall–Kier alpha value is -1.46. The molecule has 1 unspecified atom stereocenters. The van der Waals surface area contributed by atoms with E-state index >= 15 is 0 Å². The molecule has 0 aliphatic carbocycles. The Morgan fingerprint density at radius 2 is 2.05 bits per heavy atom. The van der Waals surface area contributed by atoms with Gasteiger partial charge in [0.1, 0.15) is 18.5 Å². The van der Waals surface area contributed by atoms with Gasteiger partial charge in [-0.1, -0.05) is 12.1 Å². The minimum Gasteiger partial charge on any atom is -0.453 e. The fourth-order valence-corrected chi connectivity index (χ4v) is 2.46. The van der Waals surface area contributed by atoms with Crippen LogP contribution in [0.3, 0.4) is 0 Å². The number of carbonyl (C=O) groups excluding carboxylic acids is 1. The number of hydrogen-bond acceptors (Lipinski definition) is 3. The molecule has 1 N–H and O–H groups in total. The van der Waals surface area contributed by atoms with Crippen LogP contribution in [0.1, 0.15) is 17.3 Å². The molecule has 0 aromatic heterocycles. The highest BCUT2D eigenvalue weighted by atomic mass is 19.1. The molecule has 1 aliphatic rings. The maximum Gasteiger partial charge on any atom is 0.341 e. The smallest absolute Gasteiger partial charge is 0.341 e. The fraction of sp³-hybridized carbons (Fsp3) is 0.533. The molecule has 1 atom stereocenters. The lowest BCUT2D eigenvalue weighted by Crippen LogP contribution is -3.15. The molecule has 2 rings (SSSR count). The van der Waals surface area contributed by atoms with Gasteiger partial charge in [0.2, 0.25) is 0 Å². The van der Waals surface area contributed by atoms with Gasteiger partial charge < -0.3 is 9.64 Å². The number of piperazine rings is 1. The van der Waals surface area contributed by atoms with Gasteiger partial charge in [-0.2, -0.15) is 0 Å². The first-order valence-electron chi connectivity index (χ1n) is 7.04. The molecule has 1 saturated heterocycles. The minimum atomic E-state index is -0.580. The number of quaternary nitrogens is 1. The molecule has 4 nitrogen and oxygen atoms in total. The number of ether oxygens (including phenoxy) is 1. The van der Waals surface area contributed by atoms with Crippen LogP contribution in [-0.2, 0) is 4.74 Å². The summed E-state index contributed by atoms with van der Waals surface area (Å²) in [6.45, 7) is 6.86. The van der Waals surface area contributed by atoms with Gasteiger partial charge in [0.05, 0.1) is 18.7 Å². The average molecular weight is 281 g/mol. The van der Waals surface area contributed by atoms with Gasteiger partial charge in [-0.3, -0.25) is 4.90 Å². The van der Waals surface area contributed by atoms with E-state index in [1.165, 1.54) is 17.0 Å². The van der Waals surface area contributed by atoms with E-state index in [9.17, 15) is 9.18 Å². The summed E-state index contributed by atoms with van der Waals surface area (Å²) in [7, 11) is 2.11. The molecular weight excluding hydrogens is 259 g/mol. The second kappa shape index (κ2) is 6.81. The normalized spacial score (nSPS) is 18.8. The lowest BCUT2D eigenvalue weighted by molar-refractivity contribution is -0.907. The topological polar surface area (TPSA) is 34.0 Å². The summed E-state index contributed by atoms with van der Waals surface area (Å²) in [5.41, 5.74) is 0.00716. The lowest BCUT2D eigenvalue weighted by Gasteiger charge is -2.30. The predicted molar refractivity (Wildman–Crippen MR) is 74.3 cm³/mol. The number of rotatable bonds is 4. The molecule has 0 saturated carbocycles. The maximum atomic E-state index is 13.5. The summed E-state index contributed by atoms with van der Waals surface area (Å²) in [6, 6.07) is 5.92. The summed E-state index contributed by atoms with van der Waals surface area (Å²) in [5, 5.41) is 0. The third kappa shape index (κ3) is 4.02. The number of halogens is 1. The number of benzene rings is 1. The molecule has 1 aromatic carbocycles. The van der Waals surface area contributed by atoms with Crippen molar-refractivity contribution in [1.29, 1.82) is 0 Å². The first-order valence-corrected chi connectivity index (χ1v) is 7.04. The van der Waals surface area contributed by atoms with Crippen LogP contribution in [0.2, 0.25) is 0 Å². The van der Waals surface area contributed by atoms with E-state index in [2.05, 4.69) is 11.9 Å². The Bertz CT molecular complexity index is 459. The van der Waals surface area contributed by atoms with Crippen LogP contribution >= 0.6 is 0 Å². The highest BCUT2D eigenvalue weighted by Crippen LogP contribution is 2.08. The summed E-state index contributed by atoms with van der Waals surface area (Å²) >= 11 is 0. The molecule has 1 aliphatic heterocycles. The third-order valence-electron chi connectivity index (χ3n) is 3.67. The van der Waals surface area contributed by atoms with Crippen LogP contribution in [0.25, 0.3) is 0 Å². The van der Waals surface area contributed by atoms with Crippen LogP contribution in [0, 0.1) is 5.82 Å². The van der Waals surface area contributed by atoms with E-state index in [4.69, 9.17) is 4.74 Å². The van der Waals surface area contributed by atoms with Gasteiger partial charge in [-0.05, 0) is 26.1 Å². The van der Waals surface area contributed by atoms with Crippen molar-refractivity contribution in [3.63, 3.8) is 0 Å².